The van der Waals surface area contributed by atoms with Crippen LogP contribution in [0.5, 0.6) is 0 Å². The number of thiophene rings is 1. The molecule has 1 aromatic heterocycles. The number of rotatable bonds is 6. The quantitative estimate of drug-likeness (QED) is 0.655. The number of hydrogen-bond acceptors (Lipinski definition) is 4. The molecule has 3 nitrogen and oxygen atoms in total. The SMILES string of the molecule is CC(=NNC(=O)CSCc1ccccc1)c1cccs1. The first kappa shape index (κ1) is 14.8. The zero-order valence-electron chi connectivity index (χ0n) is 11.2. The minimum Gasteiger partial charge on any atom is -0.272 e. The lowest BCUT2D eigenvalue weighted by molar-refractivity contribution is -0.118. The normalized spacial score (nSPS) is 11.3. The van der Waals surface area contributed by atoms with Gasteiger partial charge in [0, 0.05) is 10.6 Å². The molecule has 0 aliphatic carbocycles. The lowest BCUT2D eigenvalue weighted by atomic mass is 10.2. The maximum Gasteiger partial charge on any atom is 0.250 e. The molecule has 0 aliphatic rings. The third-order valence-electron chi connectivity index (χ3n) is 2.57. The van der Waals surface area contributed by atoms with Crippen molar-refractivity contribution in [3.05, 3.63) is 58.3 Å². The Morgan fingerprint density at radius 1 is 1.25 bits per heavy atom. The minimum atomic E-state index is -0.0677. The summed E-state index contributed by atoms with van der Waals surface area (Å²) in [6.45, 7) is 1.89. The van der Waals surface area contributed by atoms with Crippen molar-refractivity contribution in [2.24, 2.45) is 5.10 Å². The molecule has 0 radical (unpaired) electrons. The molecule has 0 fully saturated rings. The summed E-state index contributed by atoms with van der Waals surface area (Å²) in [6.07, 6.45) is 0. The predicted octanol–water partition coefficient (Wildman–Crippen LogP) is 3.52. The number of nitrogens with one attached hydrogen (secondary N) is 1. The first-order valence-electron chi connectivity index (χ1n) is 6.24. The van der Waals surface area contributed by atoms with Crippen LogP contribution in [0, 0.1) is 0 Å². The molecule has 1 amide bonds. The fourth-order valence-corrected chi connectivity index (χ4v) is 3.01. The van der Waals surface area contributed by atoms with Crippen molar-refractivity contribution in [2.45, 2.75) is 12.7 Å². The molecule has 104 valence electrons. The number of hydrazone groups is 1. The first-order valence-corrected chi connectivity index (χ1v) is 8.28. The van der Waals surface area contributed by atoms with E-state index in [1.165, 1.54) is 5.56 Å². The van der Waals surface area contributed by atoms with Gasteiger partial charge < -0.3 is 0 Å². The monoisotopic (exact) mass is 304 g/mol. The number of carbonyl (C=O) groups is 1. The Bertz CT molecular complexity index is 565. The molecule has 1 heterocycles. The van der Waals surface area contributed by atoms with Crippen molar-refractivity contribution in [1.29, 1.82) is 0 Å². The van der Waals surface area contributed by atoms with Crippen LogP contribution in [0.1, 0.15) is 17.4 Å². The highest BCUT2D eigenvalue weighted by atomic mass is 32.2. The van der Waals surface area contributed by atoms with Crippen molar-refractivity contribution in [2.75, 3.05) is 5.75 Å². The molecule has 2 rings (SSSR count). The molecule has 0 saturated heterocycles. The zero-order chi connectivity index (χ0) is 14.2. The van der Waals surface area contributed by atoms with E-state index < -0.39 is 0 Å². The van der Waals surface area contributed by atoms with Crippen LogP contribution in [0.15, 0.2) is 52.9 Å². The molecule has 0 atom stereocenters. The van der Waals surface area contributed by atoms with E-state index in [0.29, 0.717) is 5.75 Å². The Kier molecular flexibility index (Phi) is 5.83. The highest BCUT2D eigenvalue weighted by Crippen LogP contribution is 2.11. The number of benzene rings is 1. The lowest BCUT2D eigenvalue weighted by Gasteiger charge is -2.02. The summed E-state index contributed by atoms with van der Waals surface area (Å²) in [6, 6.07) is 14.1. The summed E-state index contributed by atoms with van der Waals surface area (Å²) in [5.41, 5.74) is 4.65. The molecular formula is C15H16N2OS2. The van der Waals surface area contributed by atoms with E-state index in [-0.39, 0.29) is 5.91 Å². The van der Waals surface area contributed by atoms with Crippen molar-refractivity contribution >= 4 is 34.7 Å². The van der Waals surface area contributed by atoms with Gasteiger partial charge in [-0.25, -0.2) is 5.43 Å². The number of amides is 1. The predicted molar refractivity (Wildman–Crippen MR) is 87.3 cm³/mol. The average molecular weight is 304 g/mol. The van der Waals surface area contributed by atoms with Crippen LogP contribution in [-0.2, 0) is 10.5 Å². The maximum atomic E-state index is 11.7. The molecule has 20 heavy (non-hydrogen) atoms. The van der Waals surface area contributed by atoms with Crippen LogP contribution in [0.4, 0.5) is 0 Å². The molecular weight excluding hydrogens is 288 g/mol. The van der Waals surface area contributed by atoms with Crippen LogP contribution < -0.4 is 5.43 Å². The van der Waals surface area contributed by atoms with E-state index in [1.54, 1.807) is 23.1 Å². The van der Waals surface area contributed by atoms with Gasteiger partial charge >= 0.3 is 0 Å². The number of hydrogen-bond donors (Lipinski definition) is 1. The molecule has 0 spiro atoms. The molecule has 2 aromatic rings. The van der Waals surface area contributed by atoms with Crippen molar-refractivity contribution in [3.8, 4) is 0 Å². The van der Waals surface area contributed by atoms with Gasteiger partial charge in [-0.05, 0) is 23.9 Å². The summed E-state index contributed by atoms with van der Waals surface area (Å²) < 4.78 is 0. The van der Waals surface area contributed by atoms with E-state index >= 15 is 0 Å². The van der Waals surface area contributed by atoms with E-state index in [9.17, 15) is 4.79 Å². The highest BCUT2D eigenvalue weighted by molar-refractivity contribution is 7.99. The second kappa shape index (κ2) is 7.87. The second-order valence-corrected chi connectivity index (χ2v) is 6.12. The molecule has 1 aromatic carbocycles. The van der Waals surface area contributed by atoms with Gasteiger partial charge in [0.05, 0.1) is 11.5 Å². The second-order valence-electron chi connectivity index (χ2n) is 4.19. The van der Waals surface area contributed by atoms with Crippen LogP contribution in [0.25, 0.3) is 0 Å². The molecule has 0 aliphatic heterocycles. The van der Waals surface area contributed by atoms with Gasteiger partial charge in [0.1, 0.15) is 0 Å². The summed E-state index contributed by atoms with van der Waals surface area (Å²) >= 11 is 3.20. The molecule has 0 saturated carbocycles. The Morgan fingerprint density at radius 2 is 2.05 bits per heavy atom. The van der Waals surface area contributed by atoms with E-state index in [1.807, 2.05) is 42.6 Å². The minimum absolute atomic E-state index is 0.0677. The highest BCUT2D eigenvalue weighted by Gasteiger charge is 2.02. The fourth-order valence-electron chi connectivity index (χ4n) is 1.55. The van der Waals surface area contributed by atoms with Gasteiger partial charge in [-0.2, -0.15) is 5.10 Å². The molecule has 1 N–H and O–H groups in total. The summed E-state index contributed by atoms with van der Waals surface area (Å²) in [4.78, 5) is 12.7. The third-order valence-corrected chi connectivity index (χ3v) is 4.55. The summed E-state index contributed by atoms with van der Waals surface area (Å²) in [7, 11) is 0. The van der Waals surface area contributed by atoms with E-state index in [2.05, 4.69) is 22.7 Å². The van der Waals surface area contributed by atoms with Crippen LogP contribution in [0.2, 0.25) is 0 Å². The van der Waals surface area contributed by atoms with Gasteiger partial charge in [-0.15, -0.1) is 23.1 Å². The summed E-state index contributed by atoms with van der Waals surface area (Å²) in [5.74, 6) is 1.18. The smallest absolute Gasteiger partial charge is 0.250 e. The average Bonchev–Trinajstić information content (AvgIpc) is 3.00. The Balaban J connectivity index is 1.72. The van der Waals surface area contributed by atoms with Crippen molar-refractivity contribution in [3.63, 3.8) is 0 Å². The van der Waals surface area contributed by atoms with Gasteiger partial charge in [-0.3, -0.25) is 4.79 Å². The summed E-state index contributed by atoms with van der Waals surface area (Å²) in [5, 5.41) is 6.10. The third kappa shape index (κ3) is 4.83. The van der Waals surface area contributed by atoms with E-state index in [0.717, 1.165) is 16.3 Å². The van der Waals surface area contributed by atoms with Crippen molar-refractivity contribution < 1.29 is 4.79 Å². The lowest BCUT2D eigenvalue weighted by Crippen LogP contribution is -2.21. The fraction of sp³-hybridized carbons (Fsp3) is 0.200. The maximum absolute atomic E-state index is 11.7. The number of carbonyl (C=O) groups excluding carboxylic acids is 1. The molecule has 5 heteroatoms. The Hall–Kier alpha value is -1.59. The zero-order valence-corrected chi connectivity index (χ0v) is 12.8. The molecule has 0 bridgehead atoms. The van der Waals surface area contributed by atoms with Gasteiger partial charge in [0.25, 0.3) is 0 Å². The Morgan fingerprint density at radius 3 is 2.75 bits per heavy atom. The molecule has 0 unspecified atom stereocenters. The van der Waals surface area contributed by atoms with Crippen LogP contribution in [0.3, 0.4) is 0 Å². The largest absolute Gasteiger partial charge is 0.272 e. The van der Waals surface area contributed by atoms with Gasteiger partial charge in [-0.1, -0.05) is 36.4 Å². The topological polar surface area (TPSA) is 41.5 Å². The number of thioether (sulfide) groups is 1. The standard InChI is InChI=1S/C15H16N2OS2/c1-12(14-8-5-9-20-14)16-17-15(18)11-19-10-13-6-3-2-4-7-13/h2-9H,10-11H2,1H3,(H,17,18). The van der Waals surface area contributed by atoms with Crippen LogP contribution in [-0.4, -0.2) is 17.4 Å². The Labute approximate surface area is 127 Å². The first-order chi connectivity index (χ1) is 9.75. The van der Waals surface area contributed by atoms with Crippen molar-refractivity contribution in [1.82, 2.24) is 5.43 Å². The van der Waals surface area contributed by atoms with E-state index in [4.69, 9.17) is 0 Å². The van der Waals surface area contributed by atoms with Gasteiger partial charge in [0.2, 0.25) is 5.91 Å². The van der Waals surface area contributed by atoms with Crippen LogP contribution >= 0.6 is 23.1 Å². The van der Waals surface area contributed by atoms with Gasteiger partial charge in [0.15, 0.2) is 0 Å². The number of nitrogens with zero attached hydrogens (tertiary/aromatic N) is 1.